The topological polar surface area (TPSA) is 72.8 Å². The molecule has 0 rings (SSSR count). The molecule has 0 heterocycles. The molecule has 0 fully saturated rings. The van der Waals surface area contributed by atoms with E-state index in [0.29, 0.717) is 12.8 Å². The number of ether oxygens (including phenoxy) is 2. The second-order valence-corrected chi connectivity index (χ2v) is 12.4. The van der Waals surface area contributed by atoms with Crippen LogP contribution < -0.4 is 0 Å². The molecule has 244 valence electrons. The van der Waals surface area contributed by atoms with Gasteiger partial charge in [-0.3, -0.25) is 9.59 Å². The Morgan fingerprint density at radius 2 is 0.634 bits per heavy atom. The molecule has 0 aliphatic carbocycles. The highest BCUT2D eigenvalue weighted by atomic mass is 16.6. The number of carbonyl (C=O) groups is 2. The molecule has 1 N–H and O–H groups in total. The molecule has 0 aliphatic rings. The van der Waals surface area contributed by atoms with Crippen molar-refractivity contribution in [2.24, 2.45) is 0 Å². The van der Waals surface area contributed by atoms with Gasteiger partial charge in [-0.05, 0) is 12.8 Å². The van der Waals surface area contributed by atoms with Crippen molar-refractivity contribution in [2.45, 2.75) is 206 Å². The second kappa shape index (κ2) is 33.4. The maximum atomic E-state index is 11.9. The molecule has 0 radical (unpaired) electrons. The molecule has 0 aromatic carbocycles. The Labute approximate surface area is 255 Å². The average Bonchev–Trinajstić information content (AvgIpc) is 2.97. The highest BCUT2D eigenvalue weighted by Crippen LogP contribution is 2.15. The third-order valence-electron chi connectivity index (χ3n) is 8.09. The van der Waals surface area contributed by atoms with Crippen molar-refractivity contribution in [3.8, 4) is 0 Å². The number of aliphatic hydroxyl groups excluding tert-OH is 1. The zero-order valence-corrected chi connectivity index (χ0v) is 27.6. The van der Waals surface area contributed by atoms with E-state index in [0.717, 1.165) is 25.7 Å². The average molecular weight is 583 g/mol. The molecule has 0 saturated carbocycles. The zero-order chi connectivity index (χ0) is 30.1. The molecule has 0 bridgehead atoms. The third-order valence-corrected chi connectivity index (χ3v) is 8.09. The first kappa shape index (κ1) is 39.9. The fraction of sp³-hybridized carbons (Fsp3) is 0.944. The van der Waals surface area contributed by atoms with E-state index >= 15 is 0 Å². The summed E-state index contributed by atoms with van der Waals surface area (Å²) in [6.45, 7) is 4.30. The van der Waals surface area contributed by atoms with Crippen LogP contribution in [0.3, 0.4) is 0 Å². The first-order chi connectivity index (χ1) is 20.1. The lowest BCUT2D eigenvalue weighted by Gasteiger charge is -2.12. The third kappa shape index (κ3) is 33.3. The number of hydrogen-bond acceptors (Lipinski definition) is 5. The van der Waals surface area contributed by atoms with E-state index in [1.54, 1.807) is 0 Å². The van der Waals surface area contributed by atoms with Crippen LogP contribution >= 0.6 is 0 Å². The molecule has 0 unspecified atom stereocenters. The van der Waals surface area contributed by atoms with E-state index in [9.17, 15) is 14.7 Å². The highest BCUT2D eigenvalue weighted by molar-refractivity contribution is 5.69. The smallest absolute Gasteiger partial charge is 0.305 e. The molecule has 0 amide bonds. The summed E-state index contributed by atoms with van der Waals surface area (Å²) >= 11 is 0. The summed E-state index contributed by atoms with van der Waals surface area (Å²) in [6.07, 6.45) is 34.4. The summed E-state index contributed by atoms with van der Waals surface area (Å²) in [5.41, 5.74) is 0. The van der Waals surface area contributed by atoms with Gasteiger partial charge in [-0.1, -0.05) is 174 Å². The van der Waals surface area contributed by atoms with Crippen molar-refractivity contribution in [1.29, 1.82) is 0 Å². The van der Waals surface area contributed by atoms with Crippen LogP contribution in [-0.2, 0) is 19.1 Å². The van der Waals surface area contributed by atoms with E-state index in [1.165, 1.54) is 148 Å². The molecule has 0 aromatic heterocycles. The van der Waals surface area contributed by atoms with Gasteiger partial charge in [0, 0.05) is 12.8 Å². The van der Waals surface area contributed by atoms with Crippen LogP contribution in [0, 0.1) is 0 Å². The Balaban J connectivity index is 3.37. The number of esters is 2. The summed E-state index contributed by atoms with van der Waals surface area (Å²) in [6, 6.07) is 0. The van der Waals surface area contributed by atoms with Crippen molar-refractivity contribution in [1.82, 2.24) is 0 Å². The minimum absolute atomic E-state index is 0.108. The predicted octanol–water partition coefficient (Wildman–Crippen LogP) is 10.8. The lowest BCUT2D eigenvalue weighted by Crippen LogP contribution is -2.25. The van der Waals surface area contributed by atoms with Gasteiger partial charge in [-0.2, -0.15) is 0 Å². The minimum atomic E-state index is -0.953. The number of carbonyl (C=O) groups excluding carboxylic acids is 2. The first-order valence-electron chi connectivity index (χ1n) is 18.1. The van der Waals surface area contributed by atoms with Gasteiger partial charge in [-0.25, -0.2) is 0 Å². The van der Waals surface area contributed by atoms with Crippen LogP contribution in [0.15, 0.2) is 0 Å². The highest BCUT2D eigenvalue weighted by Gasteiger charge is 2.12. The normalized spacial score (nSPS) is 12.0. The monoisotopic (exact) mass is 583 g/mol. The predicted molar refractivity (Wildman–Crippen MR) is 173 cm³/mol. The fourth-order valence-electron chi connectivity index (χ4n) is 5.32. The number of aliphatic hydroxyl groups is 1. The van der Waals surface area contributed by atoms with Gasteiger partial charge in [0.1, 0.15) is 19.3 Å². The van der Waals surface area contributed by atoms with Crippen molar-refractivity contribution in [3.05, 3.63) is 0 Å². The van der Waals surface area contributed by atoms with Gasteiger partial charge in [-0.15, -0.1) is 0 Å². The molecular weight excluding hydrogens is 512 g/mol. The van der Waals surface area contributed by atoms with Crippen molar-refractivity contribution in [2.75, 3.05) is 13.2 Å². The molecule has 1 atom stereocenters. The summed E-state index contributed by atoms with van der Waals surface area (Å²) < 4.78 is 10.3. The van der Waals surface area contributed by atoms with Gasteiger partial charge in [0.05, 0.1) is 0 Å². The Hall–Kier alpha value is -1.10. The molecule has 5 nitrogen and oxygen atoms in total. The van der Waals surface area contributed by atoms with Crippen molar-refractivity contribution < 1.29 is 24.2 Å². The Bertz CT molecular complexity index is 550. The summed E-state index contributed by atoms with van der Waals surface area (Å²) in [5.74, 6) is -0.555. The Morgan fingerprint density at radius 1 is 0.415 bits per heavy atom. The standard InChI is InChI=1S/C36H70O5/c1-3-5-7-9-11-13-15-16-17-18-19-20-21-23-25-27-29-31-36(39)41-33-34(37)32-40-35(38)30-28-26-24-22-14-12-10-8-6-4-2/h34,37H,3-33H2,1-2H3/t34-/m1/s1. The van der Waals surface area contributed by atoms with Crippen LogP contribution in [-0.4, -0.2) is 36.4 Å². The lowest BCUT2D eigenvalue weighted by molar-refractivity contribution is -0.152. The number of rotatable bonds is 33. The van der Waals surface area contributed by atoms with Crippen LogP contribution in [0.4, 0.5) is 0 Å². The quantitative estimate of drug-likeness (QED) is 0.0615. The van der Waals surface area contributed by atoms with E-state index in [4.69, 9.17) is 9.47 Å². The molecule has 5 heteroatoms. The van der Waals surface area contributed by atoms with Gasteiger partial charge >= 0.3 is 11.9 Å². The van der Waals surface area contributed by atoms with E-state index in [1.807, 2.05) is 0 Å². The second-order valence-electron chi connectivity index (χ2n) is 12.4. The van der Waals surface area contributed by atoms with E-state index in [-0.39, 0.29) is 25.2 Å². The maximum Gasteiger partial charge on any atom is 0.305 e. The van der Waals surface area contributed by atoms with Gasteiger partial charge in [0.25, 0.3) is 0 Å². The Kier molecular flexibility index (Phi) is 32.5. The van der Waals surface area contributed by atoms with Crippen LogP contribution in [0.1, 0.15) is 200 Å². The molecule has 0 spiro atoms. The van der Waals surface area contributed by atoms with Gasteiger partial charge in [0.15, 0.2) is 0 Å². The van der Waals surface area contributed by atoms with Crippen molar-refractivity contribution >= 4 is 11.9 Å². The SMILES string of the molecule is CCCCCCCCCCCCCCCCCCCC(=O)OC[C@H](O)COC(=O)CCCCCCCCCCCC. The van der Waals surface area contributed by atoms with E-state index < -0.39 is 6.10 Å². The van der Waals surface area contributed by atoms with Crippen LogP contribution in [0.5, 0.6) is 0 Å². The van der Waals surface area contributed by atoms with Gasteiger partial charge in [0.2, 0.25) is 0 Å². The molecule has 0 aliphatic heterocycles. The maximum absolute atomic E-state index is 11.9. The van der Waals surface area contributed by atoms with E-state index in [2.05, 4.69) is 13.8 Å². The molecule has 0 saturated heterocycles. The molecule has 0 aromatic rings. The summed E-state index contributed by atoms with van der Waals surface area (Å²) in [5, 5.41) is 9.96. The molecule has 41 heavy (non-hydrogen) atoms. The van der Waals surface area contributed by atoms with Crippen molar-refractivity contribution in [3.63, 3.8) is 0 Å². The van der Waals surface area contributed by atoms with Gasteiger partial charge < -0.3 is 14.6 Å². The van der Waals surface area contributed by atoms with Crippen LogP contribution in [0.25, 0.3) is 0 Å². The van der Waals surface area contributed by atoms with Crippen LogP contribution in [0.2, 0.25) is 0 Å². The minimum Gasteiger partial charge on any atom is -0.463 e. The first-order valence-corrected chi connectivity index (χ1v) is 18.1. The Morgan fingerprint density at radius 3 is 0.878 bits per heavy atom. The zero-order valence-electron chi connectivity index (χ0n) is 27.6. The largest absolute Gasteiger partial charge is 0.463 e. The lowest BCUT2D eigenvalue weighted by atomic mass is 10.0. The summed E-state index contributed by atoms with van der Waals surface area (Å²) in [7, 11) is 0. The fourth-order valence-corrected chi connectivity index (χ4v) is 5.32. The summed E-state index contributed by atoms with van der Waals surface area (Å²) in [4.78, 5) is 23.8. The molecular formula is C36H70O5. The number of hydrogen-bond donors (Lipinski definition) is 1. The number of unbranched alkanes of at least 4 members (excludes halogenated alkanes) is 25.